The van der Waals surface area contributed by atoms with E-state index in [-0.39, 0.29) is 6.61 Å². The van der Waals surface area contributed by atoms with Crippen molar-refractivity contribution in [3.63, 3.8) is 0 Å². The predicted octanol–water partition coefficient (Wildman–Crippen LogP) is 2.56. The molecule has 4 nitrogen and oxygen atoms in total. The summed E-state index contributed by atoms with van der Waals surface area (Å²) < 4.78 is 0. The number of nitrogens with zero attached hydrogens (tertiary/aromatic N) is 2. The van der Waals surface area contributed by atoms with E-state index in [2.05, 4.69) is 27.4 Å². The molecule has 1 aromatic heterocycles. The second-order valence-electron chi connectivity index (χ2n) is 4.00. The minimum Gasteiger partial charge on any atom is -0.396 e. The van der Waals surface area contributed by atoms with Crippen LogP contribution in [0.15, 0.2) is 47.6 Å². The van der Waals surface area contributed by atoms with Crippen molar-refractivity contribution in [2.24, 2.45) is 0 Å². The SMILES string of the molecule is OCCCNc1nccc(SCc2ccccc2)n1. The maximum Gasteiger partial charge on any atom is 0.223 e. The Balaban J connectivity index is 1.88. The van der Waals surface area contributed by atoms with E-state index in [0.717, 1.165) is 10.8 Å². The molecule has 5 heteroatoms. The van der Waals surface area contributed by atoms with Crippen molar-refractivity contribution in [3.8, 4) is 0 Å². The lowest BCUT2D eigenvalue weighted by atomic mass is 10.2. The Bertz CT molecular complexity index is 493. The van der Waals surface area contributed by atoms with E-state index < -0.39 is 0 Å². The maximum absolute atomic E-state index is 8.72. The quantitative estimate of drug-likeness (QED) is 0.462. The molecule has 1 heterocycles. The molecular weight excluding hydrogens is 258 g/mol. The summed E-state index contributed by atoms with van der Waals surface area (Å²) in [4.78, 5) is 8.57. The van der Waals surface area contributed by atoms with Gasteiger partial charge in [-0.1, -0.05) is 30.3 Å². The van der Waals surface area contributed by atoms with Gasteiger partial charge in [-0.05, 0) is 18.1 Å². The van der Waals surface area contributed by atoms with Crippen LogP contribution in [0.1, 0.15) is 12.0 Å². The summed E-state index contributed by atoms with van der Waals surface area (Å²) in [5, 5.41) is 12.8. The van der Waals surface area contributed by atoms with Crippen LogP contribution in [0.3, 0.4) is 0 Å². The molecule has 0 amide bonds. The van der Waals surface area contributed by atoms with Crippen molar-refractivity contribution in [2.45, 2.75) is 17.2 Å². The number of hydrogen-bond acceptors (Lipinski definition) is 5. The molecule has 0 saturated carbocycles. The molecule has 19 heavy (non-hydrogen) atoms. The number of aliphatic hydroxyl groups is 1. The van der Waals surface area contributed by atoms with E-state index in [1.807, 2.05) is 24.3 Å². The van der Waals surface area contributed by atoms with E-state index in [9.17, 15) is 0 Å². The summed E-state index contributed by atoms with van der Waals surface area (Å²) in [6.07, 6.45) is 2.45. The highest BCUT2D eigenvalue weighted by Gasteiger charge is 2.00. The molecule has 0 aliphatic carbocycles. The molecular formula is C14H17N3OS. The lowest BCUT2D eigenvalue weighted by Gasteiger charge is -2.05. The van der Waals surface area contributed by atoms with Crippen molar-refractivity contribution in [2.75, 3.05) is 18.5 Å². The second kappa shape index (κ2) is 7.76. The molecule has 2 N–H and O–H groups in total. The third-order valence-corrected chi connectivity index (χ3v) is 3.48. The fraction of sp³-hybridized carbons (Fsp3) is 0.286. The molecule has 1 aromatic carbocycles. The summed E-state index contributed by atoms with van der Waals surface area (Å²) in [6.45, 7) is 0.860. The smallest absolute Gasteiger partial charge is 0.223 e. The predicted molar refractivity (Wildman–Crippen MR) is 78.2 cm³/mol. The Morgan fingerprint density at radius 2 is 2.00 bits per heavy atom. The number of nitrogens with one attached hydrogen (secondary N) is 1. The van der Waals surface area contributed by atoms with Gasteiger partial charge in [0.2, 0.25) is 5.95 Å². The Labute approximate surface area is 117 Å². The topological polar surface area (TPSA) is 58.0 Å². The lowest BCUT2D eigenvalue weighted by Crippen LogP contribution is -2.06. The fourth-order valence-electron chi connectivity index (χ4n) is 1.52. The number of hydrogen-bond donors (Lipinski definition) is 2. The third kappa shape index (κ3) is 4.89. The van der Waals surface area contributed by atoms with Gasteiger partial charge in [-0.15, -0.1) is 11.8 Å². The van der Waals surface area contributed by atoms with Gasteiger partial charge in [-0.3, -0.25) is 0 Å². The van der Waals surface area contributed by atoms with Gasteiger partial charge in [0.05, 0.1) is 0 Å². The van der Waals surface area contributed by atoms with Gasteiger partial charge in [0.15, 0.2) is 0 Å². The first-order valence-electron chi connectivity index (χ1n) is 6.23. The Morgan fingerprint density at radius 3 is 2.79 bits per heavy atom. The molecule has 0 aliphatic rings. The molecule has 0 aliphatic heterocycles. The van der Waals surface area contributed by atoms with E-state index in [1.54, 1.807) is 18.0 Å². The minimum absolute atomic E-state index is 0.176. The van der Waals surface area contributed by atoms with Crippen molar-refractivity contribution >= 4 is 17.7 Å². The summed E-state index contributed by atoms with van der Waals surface area (Å²) in [6, 6.07) is 12.2. The van der Waals surface area contributed by atoms with Gasteiger partial charge >= 0.3 is 0 Å². The van der Waals surface area contributed by atoms with Crippen LogP contribution >= 0.6 is 11.8 Å². The third-order valence-electron chi connectivity index (χ3n) is 2.48. The normalized spacial score (nSPS) is 10.4. The minimum atomic E-state index is 0.176. The van der Waals surface area contributed by atoms with Crippen molar-refractivity contribution in [1.29, 1.82) is 0 Å². The average molecular weight is 275 g/mol. The first-order valence-corrected chi connectivity index (χ1v) is 7.21. The number of anilines is 1. The van der Waals surface area contributed by atoms with Crippen LogP contribution in [-0.2, 0) is 5.75 Å². The number of benzene rings is 1. The molecule has 0 spiro atoms. The number of thioether (sulfide) groups is 1. The maximum atomic E-state index is 8.72. The van der Waals surface area contributed by atoms with Gasteiger partial charge in [-0.25, -0.2) is 9.97 Å². The molecule has 2 aromatic rings. The van der Waals surface area contributed by atoms with Crippen molar-refractivity contribution in [3.05, 3.63) is 48.2 Å². The molecule has 0 atom stereocenters. The lowest BCUT2D eigenvalue weighted by molar-refractivity contribution is 0.292. The first-order chi connectivity index (χ1) is 9.38. The molecule has 2 rings (SSSR count). The van der Waals surface area contributed by atoms with Crippen molar-refractivity contribution < 1.29 is 5.11 Å². The summed E-state index contributed by atoms with van der Waals surface area (Å²) in [7, 11) is 0. The van der Waals surface area contributed by atoms with Crippen LogP contribution < -0.4 is 5.32 Å². The first kappa shape index (κ1) is 13.8. The average Bonchev–Trinajstić information content (AvgIpc) is 2.47. The Hall–Kier alpha value is -1.59. The fourth-order valence-corrected chi connectivity index (χ4v) is 2.33. The highest BCUT2D eigenvalue weighted by Crippen LogP contribution is 2.20. The number of aliphatic hydroxyl groups excluding tert-OH is 1. The number of rotatable bonds is 7. The van der Waals surface area contributed by atoms with Crippen LogP contribution in [0.25, 0.3) is 0 Å². The zero-order chi connectivity index (χ0) is 13.3. The molecule has 0 radical (unpaired) electrons. The second-order valence-corrected chi connectivity index (χ2v) is 4.99. The Kier molecular flexibility index (Phi) is 5.65. The van der Waals surface area contributed by atoms with E-state index in [4.69, 9.17) is 5.11 Å². The van der Waals surface area contributed by atoms with E-state index >= 15 is 0 Å². The van der Waals surface area contributed by atoms with Crippen LogP contribution in [-0.4, -0.2) is 28.2 Å². The molecule has 0 saturated heterocycles. The largest absolute Gasteiger partial charge is 0.396 e. The van der Waals surface area contributed by atoms with Gasteiger partial charge in [0.25, 0.3) is 0 Å². The summed E-state index contributed by atoms with van der Waals surface area (Å²) in [5.41, 5.74) is 1.28. The van der Waals surface area contributed by atoms with Crippen LogP contribution in [0, 0.1) is 0 Å². The summed E-state index contributed by atoms with van der Waals surface area (Å²) in [5.74, 6) is 1.51. The van der Waals surface area contributed by atoms with Gasteiger partial charge < -0.3 is 10.4 Å². The molecule has 100 valence electrons. The number of aromatic nitrogens is 2. The highest BCUT2D eigenvalue weighted by molar-refractivity contribution is 7.98. The van der Waals surface area contributed by atoms with E-state index in [1.165, 1.54) is 5.56 Å². The summed E-state index contributed by atoms with van der Waals surface area (Å²) >= 11 is 1.69. The zero-order valence-corrected chi connectivity index (χ0v) is 11.4. The van der Waals surface area contributed by atoms with Gasteiger partial charge in [-0.2, -0.15) is 0 Å². The molecule has 0 fully saturated rings. The van der Waals surface area contributed by atoms with Crippen LogP contribution in [0.2, 0.25) is 0 Å². The Morgan fingerprint density at radius 1 is 1.16 bits per heavy atom. The van der Waals surface area contributed by atoms with Crippen LogP contribution in [0.5, 0.6) is 0 Å². The van der Waals surface area contributed by atoms with E-state index in [0.29, 0.717) is 18.9 Å². The molecule has 0 unspecified atom stereocenters. The monoisotopic (exact) mass is 275 g/mol. The van der Waals surface area contributed by atoms with Gasteiger partial charge in [0.1, 0.15) is 5.03 Å². The van der Waals surface area contributed by atoms with Gasteiger partial charge in [0, 0.05) is 25.1 Å². The highest BCUT2D eigenvalue weighted by atomic mass is 32.2. The zero-order valence-electron chi connectivity index (χ0n) is 10.6. The van der Waals surface area contributed by atoms with Crippen LogP contribution in [0.4, 0.5) is 5.95 Å². The standard InChI is InChI=1S/C14H17N3OS/c18-10-4-8-15-14-16-9-7-13(17-14)19-11-12-5-2-1-3-6-12/h1-3,5-7,9,18H,4,8,10-11H2,(H,15,16,17). The van der Waals surface area contributed by atoms with Crippen molar-refractivity contribution in [1.82, 2.24) is 9.97 Å². The molecule has 0 bridgehead atoms.